The summed E-state index contributed by atoms with van der Waals surface area (Å²) in [6.07, 6.45) is 2.43. The molecule has 0 saturated carbocycles. The van der Waals surface area contributed by atoms with E-state index in [4.69, 9.17) is 9.15 Å². The van der Waals surface area contributed by atoms with Gasteiger partial charge in [-0.2, -0.15) is 0 Å². The fraction of sp³-hybridized carbons (Fsp3) is 0.643. The highest BCUT2D eigenvalue weighted by atomic mass is 35.5. The summed E-state index contributed by atoms with van der Waals surface area (Å²) in [6, 6.07) is 2.35. The molecule has 0 spiro atoms. The molecule has 6 heteroatoms. The number of rotatable bonds is 5. The van der Waals surface area contributed by atoms with Crippen molar-refractivity contribution >= 4 is 18.4 Å². The first-order chi connectivity index (χ1) is 9.15. The number of hydrogen-bond donors (Lipinski definition) is 1. The van der Waals surface area contributed by atoms with Crippen LogP contribution in [0.3, 0.4) is 0 Å². The number of aryl methyl sites for hydroxylation is 1. The maximum Gasteiger partial charge on any atom is 0.341 e. The summed E-state index contributed by atoms with van der Waals surface area (Å²) in [7, 11) is 3.36. The van der Waals surface area contributed by atoms with Crippen molar-refractivity contribution in [1.29, 1.82) is 0 Å². The number of carbonyl (C=O) groups is 1. The van der Waals surface area contributed by atoms with Crippen LogP contribution < -0.4 is 5.32 Å². The lowest BCUT2D eigenvalue weighted by molar-refractivity contribution is 0.0599. The summed E-state index contributed by atoms with van der Waals surface area (Å²) in [4.78, 5) is 13.9. The summed E-state index contributed by atoms with van der Waals surface area (Å²) in [5, 5.41) is 3.22. The molecule has 0 aromatic carbocycles. The van der Waals surface area contributed by atoms with Crippen LogP contribution in [0.2, 0.25) is 0 Å². The number of likely N-dealkylation sites (N-methyl/N-ethyl adjacent to an activating group) is 1. The number of esters is 1. The molecule has 1 N–H and O–H groups in total. The highest BCUT2D eigenvalue weighted by molar-refractivity contribution is 5.90. The van der Waals surface area contributed by atoms with Crippen LogP contribution >= 0.6 is 12.4 Å². The first-order valence-electron chi connectivity index (χ1n) is 6.72. The van der Waals surface area contributed by atoms with Crippen LogP contribution in [0, 0.1) is 6.92 Å². The van der Waals surface area contributed by atoms with Crippen molar-refractivity contribution in [2.45, 2.75) is 32.4 Å². The van der Waals surface area contributed by atoms with Crippen LogP contribution in [-0.4, -0.2) is 44.2 Å². The van der Waals surface area contributed by atoms with E-state index in [2.05, 4.69) is 10.2 Å². The molecule has 2 heterocycles. The first kappa shape index (κ1) is 17.0. The van der Waals surface area contributed by atoms with Gasteiger partial charge in [-0.15, -0.1) is 12.4 Å². The minimum Gasteiger partial charge on any atom is -0.465 e. The molecule has 1 atom stereocenters. The SMILES string of the molecule is CNCC1CCCN1Cc1cc(C(=O)OC)c(C)o1.Cl. The predicted molar refractivity (Wildman–Crippen MR) is 79.4 cm³/mol. The van der Waals surface area contributed by atoms with E-state index in [0.29, 0.717) is 17.4 Å². The van der Waals surface area contributed by atoms with E-state index in [1.165, 1.54) is 20.0 Å². The smallest absolute Gasteiger partial charge is 0.341 e. The maximum atomic E-state index is 11.5. The second-order valence-electron chi connectivity index (χ2n) is 5.00. The Morgan fingerprint density at radius 2 is 2.35 bits per heavy atom. The molecular formula is C14H23ClN2O3. The Hall–Kier alpha value is -1.04. The van der Waals surface area contributed by atoms with Gasteiger partial charge in [-0.1, -0.05) is 0 Å². The summed E-state index contributed by atoms with van der Waals surface area (Å²) >= 11 is 0. The van der Waals surface area contributed by atoms with E-state index in [0.717, 1.165) is 25.4 Å². The summed E-state index contributed by atoms with van der Waals surface area (Å²) in [5.74, 6) is 1.13. The van der Waals surface area contributed by atoms with E-state index in [1.807, 2.05) is 7.05 Å². The van der Waals surface area contributed by atoms with Gasteiger partial charge in [-0.05, 0) is 39.4 Å². The van der Waals surface area contributed by atoms with Crippen molar-refractivity contribution in [2.24, 2.45) is 0 Å². The van der Waals surface area contributed by atoms with E-state index in [9.17, 15) is 4.79 Å². The van der Waals surface area contributed by atoms with Gasteiger partial charge in [-0.25, -0.2) is 4.79 Å². The minimum absolute atomic E-state index is 0. The molecule has 1 aromatic rings. The standard InChI is InChI=1S/C14H22N2O3.ClH/c1-10-13(14(17)18-3)7-12(19-10)9-16-6-4-5-11(16)8-15-2;/h7,11,15H,4-6,8-9H2,1-3H3;1H. The number of halogens is 1. The molecule has 0 bridgehead atoms. The molecule has 0 radical (unpaired) electrons. The van der Waals surface area contributed by atoms with Gasteiger partial charge in [0.15, 0.2) is 0 Å². The lowest BCUT2D eigenvalue weighted by Gasteiger charge is -2.22. The molecule has 1 aliphatic rings. The number of hydrogen-bond acceptors (Lipinski definition) is 5. The molecule has 20 heavy (non-hydrogen) atoms. The van der Waals surface area contributed by atoms with E-state index >= 15 is 0 Å². The third-order valence-electron chi connectivity index (χ3n) is 3.67. The number of nitrogens with zero attached hydrogens (tertiary/aromatic N) is 1. The van der Waals surface area contributed by atoms with Gasteiger partial charge < -0.3 is 14.5 Å². The topological polar surface area (TPSA) is 54.7 Å². The van der Waals surface area contributed by atoms with Gasteiger partial charge in [-0.3, -0.25) is 4.90 Å². The van der Waals surface area contributed by atoms with Crippen molar-refractivity contribution in [3.8, 4) is 0 Å². The van der Waals surface area contributed by atoms with Crippen molar-refractivity contribution in [3.63, 3.8) is 0 Å². The first-order valence-corrected chi connectivity index (χ1v) is 6.72. The molecule has 5 nitrogen and oxygen atoms in total. The lowest BCUT2D eigenvalue weighted by atomic mass is 10.2. The zero-order chi connectivity index (χ0) is 13.8. The maximum absolute atomic E-state index is 11.5. The van der Waals surface area contributed by atoms with Crippen molar-refractivity contribution in [1.82, 2.24) is 10.2 Å². The fourth-order valence-electron chi connectivity index (χ4n) is 2.70. The average Bonchev–Trinajstić information content (AvgIpc) is 2.97. The van der Waals surface area contributed by atoms with Gasteiger partial charge in [0.1, 0.15) is 17.1 Å². The van der Waals surface area contributed by atoms with Crippen molar-refractivity contribution in [2.75, 3.05) is 27.2 Å². The fourth-order valence-corrected chi connectivity index (χ4v) is 2.70. The molecule has 0 amide bonds. The van der Waals surface area contributed by atoms with Crippen molar-refractivity contribution < 1.29 is 13.9 Å². The zero-order valence-corrected chi connectivity index (χ0v) is 13.1. The van der Waals surface area contributed by atoms with Gasteiger partial charge in [0, 0.05) is 12.6 Å². The molecule has 1 aromatic heterocycles. The Morgan fingerprint density at radius 3 is 3.00 bits per heavy atom. The average molecular weight is 303 g/mol. The van der Waals surface area contributed by atoms with Crippen LogP contribution in [0.25, 0.3) is 0 Å². The van der Waals surface area contributed by atoms with Gasteiger partial charge in [0.2, 0.25) is 0 Å². The van der Waals surface area contributed by atoms with Gasteiger partial charge in [0.25, 0.3) is 0 Å². The Labute approximate surface area is 126 Å². The Kier molecular flexibility index (Phi) is 6.52. The monoisotopic (exact) mass is 302 g/mol. The third kappa shape index (κ3) is 3.75. The summed E-state index contributed by atoms with van der Waals surface area (Å²) in [5.41, 5.74) is 0.530. The highest BCUT2D eigenvalue weighted by Gasteiger charge is 2.25. The van der Waals surface area contributed by atoms with E-state index in [-0.39, 0.29) is 18.4 Å². The number of methoxy groups -OCH3 is 1. The van der Waals surface area contributed by atoms with Crippen molar-refractivity contribution in [3.05, 3.63) is 23.2 Å². The minimum atomic E-state index is -0.333. The number of carbonyl (C=O) groups excluding carboxylic acids is 1. The van der Waals surface area contributed by atoms with E-state index < -0.39 is 0 Å². The molecular weight excluding hydrogens is 280 g/mol. The quantitative estimate of drug-likeness (QED) is 0.843. The zero-order valence-electron chi connectivity index (χ0n) is 12.3. The number of ether oxygens (including phenoxy) is 1. The normalized spacial score (nSPS) is 18.9. The molecule has 1 aliphatic heterocycles. The van der Waals surface area contributed by atoms with Crippen LogP contribution in [0.15, 0.2) is 10.5 Å². The second-order valence-corrected chi connectivity index (χ2v) is 5.00. The Balaban J connectivity index is 0.00000200. The summed E-state index contributed by atoms with van der Waals surface area (Å²) in [6.45, 7) is 4.62. The molecule has 0 aliphatic carbocycles. The largest absolute Gasteiger partial charge is 0.465 e. The van der Waals surface area contributed by atoms with E-state index in [1.54, 1.807) is 13.0 Å². The van der Waals surface area contributed by atoms with Crippen LogP contribution in [0.4, 0.5) is 0 Å². The number of nitrogens with one attached hydrogen (secondary N) is 1. The Morgan fingerprint density at radius 1 is 1.60 bits per heavy atom. The highest BCUT2D eigenvalue weighted by Crippen LogP contribution is 2.22. The second kappa shape index (κ2) is 7.67. The molecule has 1 unspecified atom stereocenters. The Bertz CT molecular complexity index is 448. The lowest BCUT2D eigenvalue weighted by Crippen LogP contribution is -2.36. The third-order valence-corrected chi connectivity index (χ3v) is 3.67. The molecule has 1 saturated heterocycles. The predicted octanol–water partition coefficient (Wildman–Crippen LogP) is 1.98. The van der Waals surface area contributed by atoms with Crippen LogP contribution in [0.5, 0.6) is 0 Å². The molecule has 2 rings (SSSR count). The molecule has 114 valence electrons. The van der Waals surface area contributed by atoms with Gasteiger partial charge in [0.05, 0.1) is 13.7 Å². The number of furan rings is 1. The van der Waals surface area contributed by atoms with Gasteiger partial charge >= 0.3 is 5.97 Å². The molecule has 1 fully saturated rings. The summed E-state index contributed by atoms with van der Waals surface area (Å²) < 4.78 is 10.4. The number of likely N-dealkylation sites (tertiary alicyclic amines) is 1. The van der Waals surface area contributed by atoms with Crippen LogP contribution in [-0.2, 0) is 11.3 Å². The van der Waals surface area contributed by atoms with Crippen LogP contribution in [0.1, 0.15) is 34.7 Å².